The maximum absolute atomic E-state index is 8.76. The van der Waals surface area contributed by atoms with Crippen LogP contribution in [0.2, 0.25) is 5.02 Å². The lowest BCUT2D eigenvalue weighted by Crippen LogP contribution is -2.12. The Morgan fingerprint density at radius 2 is 1.96 bits per heavy atom. The van der Waals surface area contributed by atoms with E-state index in [1.807, 2.05) is 6.07 Å². The first-order valence-electron chi connectivity index (χ1n) is 7.02. The first-order chi connectivity index (χ1) is 11.6. The van der Waals surface area contributed by atoms with Gasteiger partial charge in [0.1, 0.15) is 5.82 Å². The van der Waals surface area contributed by atoms with E-state index < -0.39 is 0 Å². The molecule has 1 aromatic heterocycles. The van der Waals surface area contributed by atoms with Gasteiger partial charge in [0, 0.05) is 27.1 Å². The molecule has 3 rings (SSSR count). The third-order valence-electron chi connectivity index (χ3n) is 3.40. The minimum Gasteiger partial charge on any atom is -0.409 e. The molecular formula is C18H13ClN4O. The van der Waals surface area contributed by atoms with Gasteiger partial charge in [-0.25, -0.2) is 4.98 Å². The summed E-state index contributed by atoms with van der Waals surface area (Å²) in [7, 11) is 0. The fourth-order valence-corrected chi connectivity index (χ4v) is 2.45. The molecule has 2 aromatic carbocycles. The molecule has 1 heterocycles. The van der Waals surface area contributed by atoms with Gasteiger partial charge in [-0.15, -0.1) is 0 Å². The smallest absolute Gasteiger partial charge is 0.170 e. The van der Waals surface area contributed by atoms with Gasteiger partial charge in [0.05, 0.1) is 5.52 Å². The van der Waals surface area contributed by atoms with E-state index in [0.29, 0.717) is 16.4 Å². The number of nitrogen functional groups attached to an aromatic ring is 1. The Hall–Kier alpha value is -3.23. The minimum absolute atomic E-state index is 0.0315. The van der Waals surface area contributed by atoms with Gasteiger partial charge < -0.3 is 16.7 Å². The lowest BCUT2D eigenvalue weighted by Gasteiger charge is -2.03. The minimum atomic E-state index is 0.0315. The number of nitrogens with two attached hydrogens (primary N) is 2. The predicted molar refractivity (Wildman–Crippen MR) is 96.1 cm³/mol. The van der Waals surface area contributed by atoms with Crippen LogP contribution in [-0.4, -0.2) is 16.0 Å². The van der Waals surface area contributed by atoms with E-state index in [-0.39, 0.29) is 5.84 Å². The van der Waals surface area contributed by atoms with Crippen LogP contribution in [0.3, 0.4) is 0 Å². The van der Waals surface area contributed by atoms with E-state index in [2.05, 4.69) is 22.0 Å². The van der Waals surface area contributed by atoms with Crippen molar-refractivity contribution in [3.05, 3.63) is 70.2 Å². The van der Waals surface area contributed by atoms with Crippen LogP contribution in [0.4, 0.5) is 5.82 Å². The number of aromatic nitrogens is 1. The van der Waals surface area contributed by atoms with Crippen molar-refractivity contribution in [1.82, 2.24) is 4.98 Å². The number of halogens is 1. The number of anilines is 1. The molecular weight excluding hydrogens is 324 g/mol. The molecule has 118 valence electrons. The number of amidine groups is 1. The molecule has 5 N–H and O–H groups in total. The standard InChI is InChI=1S/C18H13ClN4O/c19-14-6-7-16-15(10-14)12(9-17(20)22-16)5-4-11-2-1-3-13(8-11)18(21)23-24/h1-3,6-10,24H,(H2,20,22)(H2,21,23). The molecule has 0 aliphatic heterocycles. The first kappa shape index (κ1) is 15.7. The molecule has 0 amide bonds. The molecule has 0 saturated heterocycles. The van der Waals surface area contributed by atoms with Gasteiger partial charge >= 0.3 is 0 Å². The van der Waals surface area contributed by atoms with Crippen LogP contribution in [0.15, 0.2) is 53.7 Å². The topological polar surface area (TPSA) is 97.5 Å². The van der Waals surface area contributed by atoms with E-state index >= 15 is 0 Å². The van der Waals surface area contributed by atoms with Crippen LogP contribution >= 0.6 is 11.6 Å². The maximum Gasteiger partial charge on any atom is 0.170 e. The number of oxime groups is 1. The zero-order valence-electron chi connectivity index (χ0n) is 12.5. The maximum atomic E-state index is 8.76. The van der Waals surface area contributed by atoms with Crippen molar-refractivity contribution < 1.29 is 5.21 Å². The van der Waals surface area contributed by atoms with Gasteiger partial charge in [0.25, 0.3) is 0 Å². The fourth-order valence-electron chi connectivity index (χ4n) is 2.28. The van der Waals surface area contributed by atoms with Crippen LogP contribution in [0.25, 0.3) is 10.9 Å². The number of rotatable bonds is 1. The van der Waals surface area contributed by atoms with E-state index in [1.165, 1.54) is 0 Å². The molecule has 0 aliphatic carbocycles. The summed E-state index contributed by atoms with van der Waals surface area (Å²) in [6.07, 6.45) is 0. The zero-order valence-corrected chi connectivity index (χ0v) is 13.2. The van der Waals surface area contributed by atoms with Crippen molar-refractivity contribution in [3.63, 3.8) is 0 Å². The molecule has 0 aliphatic rings. The Morgan fingerprint density at radius 1 is 1.12 bits per heavy atom. The van der Waals surface area contributed by atoms with E-state index in [0.717, 1.165) is 22.0 Å². The summed E-state index contributed by atoms with van der Waals surface area (Å²) in [5.74, 6) is 6.55. The molecule has 24 heavy (non-hydrogen) atoms. The van der Waals surface area contributed by atoms with Crippen LogP contribution in [0, 0.1) is 11.8 Å². The van der Waals surface area contributed by atoms with Gasteiger partial charge in [-0.1, -0.05) is 40.7 Å². The number of pyridine rings is 1. The summed E-state index contributed by atoms with van der Waals surface area (Å²) in [5.41, 5.74) is 14.2. The summed E-state index contributed by atoms with van der Waals surface area (Å²) in [6, 6.07) is 14.2. The van der Waals surface area contributed by atoms with Gasteiger partial charge in [0.15, 0.2) is 5.84 Å². The molecule has 0 fully saturated rings. The average molecular weight is 337 g/mol. The summed E-state index contributed by atoms with van der Waals surface area (Å²) in [4.78, 5) is 4.27. The molecule has 6 heteroatoms. The molecule has 0 saturated carbocycles. The van der Waals surface area contributed by atoms with E-state index in [4.69, 9.17) is 28.3 Å². The van der Waals surface area contributed by atoms with Gasteiger partial charge in [-0.3, -0.25) is 0 Å². The third-order valence-corrected chi connectivity index (χ3v) is 3.63. The number of benzene rings is 2. The van der Waals surface area contributed by atoms with Crippen molar-refractivity contribution in [3.8, 4) is 11.8 Å². The summed E-state index contributed by atoms with van der Waals surface area (Å²) in [5, 5.41) is 13.2. The van der Waals surface area contributed by atoms with E-state index in [1.54, 1.807) is 42.5 Å². The van der Waals surface area contributed by atoms with Crippen LogP contribution in [0.1, 0.15) is 16.7 Å². The quantitative estimate of drug-likeness (QED) is 0.209. The second-order valence-electron chi connectivity index (χ2n) is 5.07. The molecule has 0 bridgehead atoms. The Kier molecular flexibility index (Phi) is 4.23. The van der Waals surface area contributed by atoms with E-state index in [9.17, 15) is 0 Å². The SMILES string of the molecule is NC(=NO)c1cccc(C#Cc2cc(N)nc3ccc(Cl)cc23)c1. The molecule has 3 aromatic rings. The molecule has 0 unspecified atom stereocenters. The highest BCUT2D eigenvalue weighted by Crippen LogP contribution is 2.22. The first-order valence-corrected chi connectivity index (χ1v) is 7.40. The Balaban J connectivity index is 2.08. The van der Waals surface area contributed by atoms with Gasteiger partial charge in [0.2, 0.25) is 0 Å². The lowest BCUT2D eigenvalue weighted by atomic mass is 10.1. The average Bonchev–Trinajstić information content (AvgIpc) is 2.59. The number of fused-ring (bicyclic) bond motifs is 1. The number of hydrogen-bond acceptors (Lipinski definition) is 4. The normalized spacial score (nSPS) is 11.1. The molecule has 0 radical (unpaired) electrons. The zero-order chi connectivity index (χ0) is 17.1. The summed E-state index contributed by atoms with van der Waals surface area (Å²) in [6.45, 7) is 0. The third kappa shape index (κ3) is 3.24. The Morgan fingerprint density at radius 3 is 2.75 bits per heavy atom. The predicted octanol–water partition coefficient (Wildman–Crippen LogP) is 2.96. The largest absolute Gasteiger partial charge is 0.409 e. The summed E-state index contributed by atoms with van der Waals surface area (Å²) < 4.78 is 0. The lowest BCUT2D eigenvalue weighted by molar-refractivity contribution is 0.318. The highest BCUT2D eigenvalue weighted by molar-refractivity contribution is 6.31. The van der Waals surface area contributed by atoms with Gasteiger partial charge in [-0.05, 0) is 36.4 Å². The van der Waals surface area contributed by atoms with Crippen LogP contribution in [0.5, 0.6) is 0 Å². The van der Waals surface area contributed by atoms with Crippen LogP contribution in [-0.2, 0) is 0 Å². The molecule has 0 spiro atoms. The van der Waals surface area contributed by atoms with Gasteiger partial charge in [-0.2, -0.15) is 0 Å². The van der Waals surface area contributed by atoms with Crippen LogP contribution < -0.4 is 11.5 Å². The highest BCUT2D eigenvalue weighted by atomic mass is 35.5. The van der Waals surface area contributed by atoms with Crippen molar-refractivity contribution in [2.75, 3.05) is 5.73 Å². The number of hydrogen-bond donors (Lipinski definition) is 3. The highest BCUT2D eigenvalue weighted by Gasteiger charge is 2.04. The molecule has 0 atom stereocenters. The second-order valence-corrected chi connectivity index (χ2v) is 5.51. The number of nitrogens with zero attached hydrogens (tertiary/aromatic N) is 2. The summed E-state index contributed by atoms with van der Waals surface area (Å²) >= 11 is 6.06. The molecule has 5 nitrogen and oxygen atoms in total. The Labute approximate surface area is 143 Å². The van der Waals surface area contributed by atoms with Crippen molar-refractivity contribution >= 4 is 34.2 Å². The fraction of sp³-hybridized carbons (Fsp3) is 0. The van der Waals surface area contributed by atoms with Crippen molar-refractivity contribution in [1.29, 1.82) is 0 Å². The monoisotopic (exact) mass is 336 g/mol. The van der Waals surface area contributed by atoms with Crippen molar-refractivity contribution in [2.24, 2.45) is 10.9 Å². The Bertz CT molecular complexity index is 1020. The second kappa shape index (κ2) is 6.49. The van der Waals surface area contributed by atoms with Crippen molar-refractivity contribution in [2.45, 2.75) is 0 Å².